The van der Waals surface area contributed by atoms with Gasteiger partial charge >= 0.3 is 0 Å². The summed E-state index contributed by atoms with van der Waals surface area (Å²) in [5.41, 5.74) is 3.42. The van der Waals surface area contributed by atoms with Crippen molar-refractivity contribution in [2.24, 2.45) is 7.05 Å². The zero-order valence-corrected chi connectivity index (χ0v) is 10.8. The van der Waals surface area contributed by atoms with E-state index in [-0.39, 0.29) is 0 Å². The summed E-state index contributed by atoms with van der Waals surface area (Å²) in [7, 11) is 2.02. The van der Waals surface area contributed by atoms with Crippen molar-refractivity contribution < 1.29 is 4.57 Å². The Morgan fingerprint density at radius 3 is 2.58 bits per heavy atom. The fraction of sp³-hybridized carbons (Fsp3) is 0.0588. The minimum Gasteiger partial charge on any atom is -0.256 e. The molecule has 0 spiro atoms. The quantitative estimate of drug-likeness (QED) is 0.635. The van der Waals surface area contributed by atoms with E-state index in [0.29, 0.717) is 0 Å². The molecule has 0 aliphatic rings. The maximum absolute atomic E-state index is 4.37. The summed E-state index contributed by atoms with van der Waals surface area (Å²) >= 11 is 0. The summed E-state index contributed by atoms with van der Waals surface area (Å²) in [6.45, 7) is 0. The molecular weight excluding hydrogens is 232 g/mol. The molecule has 0 saturated carbocycles. The smallest absolute Gasteiger partial charge is 0.169 e. The van der Waals surface area contributed by atoms with Crippen molar-refractivity contribution in [3.63, 3.8) is 0 Å². The molecule has 2 aromatic heterocycles. The maximum Gasteiger partial charge on any atom is 0.169 e. The van der Waals surface area contributed by atoms with Crippen LogP contribution in [0, 0.1) is 0 Å². The standard InChI is InChI=1S/C17H15N2/c1-19-12-9-14(10-13-19)6-7-15-8-11-18-17-5-3-2-4-16(15)17/h2-13H,1H3/q+1/b7-6-. The molecule has 3 rings (SSSR count). The third-order valence-electron chi connectivity index (χ3n) is 3.14. The Morgan fingerprint density at radius 2 is 1.74 bits per heavy atom. The third kappa shape index (κ3) is 2.52. The van der Waals surface area contributed by atoms with Gasteiger partial charge in [0.1, 0.15) is 7.05 Å². The van der Waals surface area contributed by atoms with Crippen LogP contribution < -0.4 is 4.57 Å². The molecule has 0 saturated heterocycles. The van der Waals surface area contributed by atoms with Crippen molar-refractivity contribution in [3.05, 3.63) is 72.2 Å². The van der Waals surface area contributed by atoms with Crippen molar-refractivity contribution in [2.45, 2.75) is 0 Å². The van der Waals surface area contributed by atoms with Crippen molar-refractivity contribution in [1.29, 1.82) is 0 Å². The van der Waals surface area contributed by atoms with Gasteiger partial charge in [0.05, 0.1) is 5.52 Å². The van der Waals surface area contributed by atoms with E-state index in [1.807, 2.05) is 54.5 Å². The maximum atomic E-state index is 4.37. The third-order valence-corrected chi connectivity index (χ3v) is 3.14. The highest BCUT2D eigenvalue weighted by molar-refractivity contribution is 5.90. The SMILES string of the molecule is C[n+]1ccc(/C=C\c2ccnc3ccccc23)cc1. The second-order valence-electron chi connectivity index (χ2n) is 4.55. The van der Waals surface area contributed by atoms with E-state index < -0.39 is 0 Å². The first-order valence-electron chi connectivity index (χ1n) is 6.30. The number of para-hydroxylation sites is 1. The topological polar surface area (TPSA) is 16.8 Å². The molecule has 0 aliphatic carbocycles. The molecule has 0 N–H and O–H groups in total. The Labute approximate surface area is 112 Å². The lowest BCUT2D eigenvalue weighted by molar-refractivity contribution is -0.671. The van der Waals surface area contributed by atoms with Crippen LogP contribution in [0.2, 0.25) is 0 Å². The molecule has 3 aromatic rings. The van der Waals surface area contributed by atoms with Gasteiger partial charge in [-0.25, -0.2) is 4.57 Å². The lowest BCUT2D eigenvalue weighted by Crippen LogP contribution is -2.25. The summed E-state index contributed by atoms with van der Waals surface area (Å²) in [4.78, 5) is 4.37. The number of hydrogen-bond donors (Lipinski definition) is 0. The van der Waals surface area contributed by atoms with E-state index in [1.165, 1.54) is 16.5 Å². The van der Waals surface area contributed by atoms with Gasteiger partial charge in [-0.1, -0.05) is 30.4 Å². The molecule has 2 heteroatoms. The molecule has 2 nitrogen and oxygen atoms in total. The highest BCUT2D eigenvalue weighted by Crippen LogP contribution is 2.18. The first-order valence-corrected chi connectivity index (χ1v) is 6.30. The van der Waals surface area contributed by atoms with Gasteiger partial charge < -0.3 is 0 Å². The molecule has 92 valence electrons. The lowest BCUT2D eigenvalue weighted by Gasteiger charge is -2.00. The molecule has 0 unspecified atom stereocenters. The van der Waals surface area contributed by atoms with Crippen LogP contribution in [-0.2, 0) is 7.05 Å². The largest absolute Gasteiger partial charge is 0.256 e. The van der Waals surface area contributed by atoms with Crippen LogP contribution in [0.5, 0.6) is 0 Å². The van der Waals surface area contributed by atoms with Gasteiger partial charge in [-0.15, -0.1) is 0 Å². The number of rotatable bonds is 2. The minimum absolute atomic E-state index is 1.03. The van der Waals surface area contributed by atoms with Crippen LogP contribution in [-0.4, -0.2) is 4.98 Å². The summed E-state index contributed by atoms with van der Waals surface area (Å²) in [5.74, 6) is 0. The highest BCUT2D eigenvalue weighted by atomic mass is 14.9. The number of aromatic nitrogens is 2. The highest BCUT2D eigenvalue weighted by Gasteiger charge is 1.98. The monoisotopic (exact) mass is 247 g/mol. The molecule has 1 aromatic carbocycles. The number of hydrogen-bond acceptors (Lipinski definition) is 1. The average Bonchev–Trinajstić information content (AvgIpc) is 2.47. The first-order chi connectivity index (χ1) is 9.33. The Hall–Kier alpha value is -2.48. The van der Waals surface area contributed by atoms with E-state index in [1.54, 1.807) is 0 Å². The van der Waals surface area contributed by atoms with Crippen molar-refractivity contribution >= 4 is 23.1 Å². The Balaban J connectivity index is 1.99. The predicted octanol–water partition coefficient (Wildman–Crippen LogP) is 3.23. The molecule has 0 amide bonds. The van der Waals surface area contributed by atoms with Gasteiger partial charge in [0, 0.05) is 23.7 Å². The zero-order valence-electron chi connectivity index (χ0n) is 10.8. The van der Waals surface area contributed by atoms with Crippen molar-refractivity contribution in [3.8, 4) is 0 Å². The summed E-state index contributed by atoms with van der Waals surface area (Å²) < 4.78 is 2.03. The second kappa shape index (κ2) is 5.02. The van der Waals surface area contributed by atoms with Crippen LogP contribution in [0.25, 0.3) is 23.1 Å². The van der Waals surface area contributed by atoms with Crippen LogP contribution in [0.4, 0.5) is 0 Å². The van der Waals surface area contributed by atoms with Gasteiger partial charge in [0.2, 0.25) is 0 Å². The normalized spacial score (nSPS) is 11.2. The molecule has 19 heavy (non-hydrogen) atoms. The van der Waals surface area contributed by atoms with E-state index in [0.717, 1.165) is 5.52 Å². The number of pyridine rings is 2. The Kier molecular flexibility index (Phi) is 3.07. The van der Waals surface area contributed by atoms with Crippen molar-refractivity contribution in [1.82, 2.24) is 4.98 Å². The first kappa shape index (κ1) is 11.6. The molecule has 0 aliphatic heterocycles. The molecule has 0 radical (unpaired) electrons. The second-order valence-corrected chi connectivity index (χ2v) is 4.55. The van der Waals surface area contributed by atoms with Gasteiger partial charge in [-0.3, -0.25) is 4.98 Å². The fourth-order valence-corrected chi connectivity index (χ4v) is 2.07. The Bertz CT molecular complexity index is 722. The summed E-state index contributed by atoms with van der Waals surface area (Å²) in [6, 6.07) is 14.4. The summed E-state index contributed by atoms with van der Waals surface area (Å²) in [6.07, 6.45) is 10.2. The zero-order chi connectivity index (χ0) is 13.1. The van der Waals surface area contributed by atoms with Crippen LogP contribution in [0.15, 0.2) is 61.1 Å². The van der Waals surface area contributed by atoms with Crippen LogP contribution >= 0.6 is 0 Å². The molecule has 0 fully saturated rings. The van der Waals surface area contributed by atoms with Gasteiger partial charge in [0.15, 0.2) is 12.4 Å². The summed E-state index contributed by atoms with van der Waals surface area (Å²) in [5, 5.41) is 1.18. The van der Waals surface area contributed by atoms with E-state index >= 15 is 0 Å². The number of aryl methyl sites for hydroxylation is 1. The number of benzene rings is 1. The van der Waals surface area contributed by atoms with Crippen LogP contribution in [0.3, 0.4) is 0 Å². The van der Waals surface area contributed by atoms with Gasteiger partial charge in [-0.2, -0.15) is 0 Å². The van der Waals surface area contributed by atoms with E-state index in [9.17, 15) is 0 Å². The van der Waals surface area contributed by atoms with Gasteiger partial charge in [-0.05, 0) is 23.3 Å². The number of fused-ring (bicyclic) bond motifs is 1. The van der Waals surface area contributed by atoms with Gasteiger partial charge in [0.25, 0.3) is 0 Å². The minimum atomic E-state index is 1.03. The molecule has 2 heterocycles. The molecular formula is C17H15N2+. The average molecular weight is 247 g/mol. The molecule has 0 bridgehead atoms. The van der Waals surface area contributed by atoms with E-state index in [2.05, 4.69) is 35.3 Å². The Morgan fingerprint density at radius 1 is 0.947 bits per heavy atom. The van der Waals surface area contributed by atoms with E-state index in [4.69, 9.17) is 0 Å². The number of nitrogens with zero attached hydrogens (tertiary/aromatic N) is 2. The predicted molar refractivity (Wildman–Crippen MR) is 78.3 cm³/mol. The lowest BCUT2D eigenvalue weighted by atomic mass is 10.1. The van der Waals surface area contributed by atoms with Crippen molar-refractivity contribution in [2.75, 3.05) is 0 Å². The fourth-order valence-electron chi connectivity index (χ4n) is 2.07. The molecule has 0 atom stereocenters. The van der Waals surface area contributed by atoms with Crippen LogP contribution in [0.1, 0.15) is 11.1 Å².